The van der Waals surface area contributed by atoms with Gasteiger partial charge in [0.2, 0.25) is 10.0 Å². The van der Waals surface area contributed by atoms with Gasteiger partial charge in [-0.05, 0) is 61.1 Å². The van der Waals surface area contributed by atoms with Crippen LogP contribution in [0.4, 0.5) is 0 Å². The quantitative estimate of drug-likeness (QED) is 0.673. The van der Waals surface area contributed by atoms with E-state index >= 15 is 0 Å². The molecule has 0 spiro atoms. The number of carbonyl (C=O) groups excluding carboxylic acids is 1. The van der Waals surface area contributed by atoms with Crippen molar-refractivity contribution in [2.45, 2.75) is 28.7 Å². The molecule has 0 saturated carbocycles. The van der Waals surface area contributed by atoms with Crippen LogP contribution < -0.4 is 5.32 Å². The molecule has 150 valence electrons. The van der Waals surface area contributed by atoms with Crippen LogP contribution in [0.3, 0.4) is 0 Å². The van der Waals surface area contributed by atoms with Gasteiger partial charge in [0.1, 0.15) is 0 Å². The number of hydrogen-bond acceptors (Lipinski definition) is 5. The summed E-state index contributed by atoms with van der Waals surface area (Å²) in [6, 6.07) is 13.4. The fourth-order valence-corrected chi connectivity index (χ4v) is 5.02. The van der Waals surface area contributed by atoms with Gasteiger partial charge in [0, 0.05) is 30.1 Å². The van der Waals surface area contributed by atoms with Gasteiger partial charge in [0.15, 0.2) is 0 Å². The molecule has 8 heteroatoms. The lowest BCUT2D eigenvalue weighted by molar-refractivity contribution is 0.0916. The van der Waals surface area contributed by atoms with Crippen LogP contribution in [-0.4, -0.2) is 49.6 Å². The Hall–Kier alpha value is -1.87. The van der Waals surface area contributed by atoms with E-state index < -0.39 is 16.1 Å². The zero-order valence-electron chi connectivity index (χ0n) is 15.7. The van der Waals surface area contributed by atoms with Gasteiger partial charge in [0.25, 0.3) is 5.91 Å². The fourth-order valence-electron chi connectivity index (χ4n) is 3.09. The number of rotatable bonds is 7. The highest BCUT2D eigenvalue weighted by Crippen LogP contribution is 2.21. The molecule has 2 aromatic rings. The number of hydrogen-bond donors (Lipinski definition) is 2. The summed E-state index contributed by atoms with van der Waals surface area (Å²) in [6.07, 6.45) is 2.92. The largest absolute Gasteiger partial charge is 0.387 e. The number of benzene rings is 2. The Morgan fingerprint density at radius 3 is 2.29 bits per heavy atom. The van der Waals surface area contributed by atoms with Gasteiger partial charge in [-0.15, -0.1) is 11.8 Å². The number of nitrogens with zero attached hydrogens (tertiary/aromatic N) is 1. The Labute approximate surface area is 170 Å². The number of aliphatic hydroxyl groups is 1. The zero-order chi connectivity index (χ0) is 20.1. The number of amides is 1. The minimum absolute atomic E-state index is 0.0747. The second kappa shape index (κ2) is 9.09. The average molecular weight is 421 g/mol. The van der Waals surface area contributed by atoms with Crippen molar-refractivity contribution in [1.29, 1.82) is 0 Å². The maximum Gasteiger partial charge on any atom is 0.251 e. The Morgan fingerprint density at radius 1 is 1.11 bits per heavy atom. The topological polar surface area (TPSA) is 86.7 Å². The van der Waals surface area contributed by atoms with Crippen LogP contribution in [0.1, 0.15) is 34.9 Å². The van der Waals surface area contributed by atoms with Crippen LogP contribution in [0.2, 0.25) is 0 Å². The van der Waals surface area contributed by atoms with Crippen molar-refractivity contribution in [3.8, 4) is 0 Å². The van der Waals surface area contributed by atoms with E-state index in [9.17, 15) is 18.3 Å². The molecular formula is C20H24N2O4S2. The van der Waals surface area contributed by atoms with Gasteiger partial charge in [0.05, 0.1) is 11.0 Å². The summed E-state index contributed by atoms with van der Waals surface area (Å²) in [5.41, 5.74) is 1.08. The van der Waals surface area contributed by atoms with Crippen molar-refractivity contribution in [2.75, 3.05) is 25.9 Å². The summed E-state index contributed by atoms with van der Waals surface area (Å²) >= 11 is 1.62. The molecule has 3 rings (SSSR count). The van der Waals surface area contributed by atoms with E-state index in [1.165, 1.54) is 28.6 Å². The van der Waals surface area contributed by atoms with Crippen molar-refractivity contribution >= 4 is 27.7 Å². The summed E-state index contributed by atoms with van der Waals surface area (Å²) in [5.74, 6) is -0.357. The molecule has 1 unspecified atom stereocenters. The van der Waals surface area contributed by atoms with E-state index in [0.29, 0.717) is 18.7 Å². The first-order valence-corrected chi connectivity index (χ1v) is 11.8. The molecule has 1 saturated heterocycles. The monoisotopic (exact) mass is 420 g/mol. The highest BCUT2D eigenvalue weighted by atomic mass is 32.2. The van der Waals surface area contributed by atoms with Gasteiger partial charge in [-0.3, -0.25) is 4.79 Å². The first kappa shape index (κ1) is 20.9. The summed E-state index contributed by atoms with van der Waals surface area (Å²) in [6.45, 7) is 1.16. The van der Waals surface area contributed by atoms with Gasteiger partial charge >= 0.3 is 0 Å². The summed E-state index contributed by atoms with van der Waals surface area (Å²) in [7, 11) is -3.49. The number of thioether (sulfide) groups is 1. The van der Waals surface area contributed by atoms with Crippen molar-refractivity contribution < 1.29 is 18.3 Å². The lowest BCUT2D eigenvalue weighted by Crippen LogP contribution is -2.29. The van der Waals surface area contributed by atoms with Crippen LogP contribution >= 0.6 is 11.8 Å². The second-order valence-electron chi connectivity index (χ2n) is 6.63. The highest BCUT2D eigenvalue weighted by Gasteiger charge is 2.27. The minimum atomic E-state index is -3.49. The zero-order valence-corrected chi connectivity index (χ0v) is 17.3. The first-order valence-electron chi connectivity index (χ1n) is 9.12. The Bertz CT molecular complexity index is 906. The maximum atomic E-state index is 12.5. The van der Waals surface area contributed by atoms with Gasteiger partial charge in [-0.2, -0.15) is 4.31 Å². The Morgan fingerprint density at radius 2 is 1.71 bits per heavy atom. The second-order valence-corrected chi connectivity index (χ2v) is 9.45. The van der Waals surface area contributed by atoms with Crippen LogP contribution in [-0.2, 0) is 10.0 Å². The van der Waals surface area contributed by atoms with Crippen LogP contribution in [0.25, 0.3) is 0 Å². The van der Waals surface area contributed by atoms with E-state index in [-0.39, 0.29) is 17.3 Å². The number of nitrogens with one attached hydrogen (secondary N) is 1. The molecule has 0 aliphatic carbocycles. The van der Waals surface area contributed by atoms with Crippen LogP contribution in [0, 0.1) is 0 Å². The van der Waals surface area contributed by atoms with Crippen molar-refractivity contribution in [3.63, 3.8) is 0 Å². The van der Waals surface area contributed by atoms with Gasteiger partial charge < -0.3 is 10.4 Å². The number of carbonyl (C=O) groups is 1. The molecule has 1 fully saturated rings. The molecule has 0 radical (unpaired) electrons. The van der Waals surface area contributed by atoms with Crippen molar-refractivity contribution in [3.05, 3.63) is 59.7 Å². The third-order valence-electron chi connectivity index (χ3n) is 4.78. The third kappa shape index (κ3) is 4.75. The first-order chi connectivity index (χ1) is 13.4. The molecule has 1 heterocycles. The van der Waals surface area contributed by atoms with Crippen LogP contribution in [0.5, 0.6) is 0 Å². The van der Waals surface area contributed by atoms with E-state index in [1.54, 1.807) is 11.8 Å². The minimum Gasteiger partial charge on any atom is -0.387 e. The van der Waals surface area contributed by atoms with E-state index in [2.05, 4.69) is 5.32 Å². The summed E-state index contributed by atoms with van der Waals surface area (Å²) in [5, 5.41) is 12.9. The average Bonchev–Trinajstić information content (AvgIpc) is 3.28. The third-order valence-corrected chi connectivity index (χ3v) is 7.43. The molecule has 0 aromatic heterocycles. The van der Waals surface area contributed by atoms with E-state index in [1.807, 2.05) is 30.5 Å². The molecule has 1 amide bonds. The molecule has 2 aromatic carbocycles. The number of sulfonamides is 1. The predicted octanol–water partition coefficient (Wildman–Crippen LogP) is 2.66. The Balaban J connectivity index is 1.59. The molecule has 28 heavy (non-hydrogen) atoms. The van der Waals surface area contributed by atoms with E-state index in [0.717, 1.165) is 23.3 Å². The SMILES string of the molecule is CSc1ccc(C(O)CNC(=O)c2ccc(S(=O)(=O)N3CCCC3)cc2)cc1. The standard InChI is InChI=1S/C20H24N2O4S2/c1-27-17-8-4-15(5-9-17)19(23)14-21-20(24)16-6-10-18(11-7-16)28(25,26)22-12-2-3-13-22/h4-11,19,23H,2-3,12-14H2,1H3,(H,21,24). The number of aliphatic hydroxyl groups excluding tert-OH is 1. The van der Waals surface area contributed by atoms with E-state index in [4.69, 9.17) is 0 Å². The molecule has 1 aliphatic heterocycles. The maximum absolute atomic E-state index is 12.5. The van der Waals surface area contributed by atoms with Crippen molar-refractivity contribution in [1.82, 2.24) is 9.62 Å². The Kier molecular flexibility index (Phi) is 6.77. The molecule has 0 bridgehead atoms. The molecule has 2 N–H and O–H groups in total. The summed E-state index contributed by atoms with van der Waals surface area (Å²) in [4.78, 5) is 13.6. The lowest BCUT2D eigenvalue weighted by atomic mass is 10.1. The van der Waals surface area contributed by atoms with Gasteiger partial charge in [-0.1, -0.05) is 12.1 Å². The highest BCUT2D eigenvalue weighted by molar-refractivity contribution is 7.98. The normalized spacial score (nSPS) is 16.1. The predicted molar refractivity (Wildman–Crippen MR) is 110 cm³/mol. The van der Waals surface area contributed by atoms with Crippen molar-refractivity contribution in [2.24, 2.45) is 0 Å². The van der Waals surface area contributed by atoms with Gasteiger partial charge in [-0.25, -0.2) is 8.42 Å². The molecule has 1 atom stereocenters. The molecule has 6 nitrogen and oxygen atoms in total. The fraction of sp³-hybridized carbons (Fsp3) is 0.350. The lowest BCUT2D eigenvalue weighted by Gasteiger charge is -2.16. The smallest absolute Gasteiger partial charge is 0.251 e. The summed E-state index contributed by atoms with van der Waals surface area (Å²) < 4.78 is 26.5. The van der Waals surface area contributed by atoms with Crippen LogP contribution in [0.15, 0.2) is 58.3 Å². The molecular weight excluding hydrogens is 396 g/mol. The molecule has 1 aliphatic rings.